The van der Waals surface area contributed by atoms with Gasteiger partial charge in [0, 0.05) is 13.2 Å². The van der Waals surface area contributed by atoms with Gasteiger partial charge in [-0.1, -0.05) is 34.1 Å². The minimum absolute atomic E-state index is 0.277. The summed E-state index contributed by atoms with van der Waals surface area (Å²) in [6.45, 7) is 11.2. The number of carbonyl (C=O) groups excluding carboxylic acids is 2. The maximum Gasteiger partial charge on any atom is 0.319 e. The van der Waals surface area contributed by atoms with Crippen LogP contribution in [0.1, 0.15) is 47.5 Å². The summed E-state index contributed by atoms with van der Waals surface area (Å²) in [5.74, 6) is -1.56. The van der Waals surface area contributed by atoms with Crippen molar-refractivity contribution >= 4 is 11.9 Å². The average molecular weight is 287 g/mol. The van der Waals surface area contributed by atoms with E-state index in [4.69, 9.17) is 9.47 Å². The van der Waals surface area contributed by atoms with Crippen LogP contribution in [0.25, 0.3) is 0 Å². The van der Waals surface area contributed by atoms with E-state index in [-0.39, 0.29) is 12.5 Å². The van der Waals surface area contributed by atoms with Gasteiger partial charge in [0.05, 0.1) is 13.2 Å². The molecule has 0 aliphatic heterocycles. The van der Waals surface area contributed by atoms with Crippen LogP contribution < -0.4 is 5.32 Å². The summed E-state index contributed by atoms with van der Waals surface area (Å²) in [6, 6.07) is 0. The monoisotopic (exact) mass is 287 g/mol. The van der Waals surface area contributed by atoms with Gasteiger partial charge < -0.3 is 14.8 Å². The van der Waals surface area contributed by atoms with Crippen LogP contribution in [0.3, 0.4) is 0 Å². The summed E-state index contributed by atoms with van der Waals surface area (Å²) in [7, 11) is 0. The number of rotatable bonds is 9. The number of unbranched alkanes of at least 4 members (excludes halogenated alkanes) is 1. The Morgan fingerprint density at radius 2 is 1.80 bits per heavy atom. The largest absolute Gasteiger partial charge is 0.465 e. The number of hydrogen-bond donors (Lipinski definition) is 1. The fourth-order valence-electron chi connectivity index (χ4n) is 1.78. The van der Waals surface area contributed by atoms with Crippen molar-refractivity contribution in [2.45, 2.75) is 47.5 Å². The van der Waals surface area contributed by atoms with E-state index in [0.29, 0.717) is 19.8 Å². The maximum atomic E-state index is 12.1. The fraction of sp³-hybridized carbons (Fsp3) is 0.867. The summed E-state index contributed by atoms with van der Waals surface area (Å²) in [6.07, 6.45) is 2.10. The van der Waals surface area contributed by atoms with Crippen molar-refractivity contribution in [3.05, 3.63) is 0 Å². The predicted octanol–water partition coefficient (Wildman–Crippen LogP) is 2.14. The molecule has 5 nitrogen and oxygen atoms in total. The summed E-state index contributed by atoms with van der Waals surface area (Å²) >= 11 is 0. The average Bonchev–Trinajstić information content (AvgIpc) is 2.32. The fourth-order valence-corrected chi connectivity index (χ4v) is 1.78. The van der Waals surface area contributed by atoms with Gasteiger partial charge in [0.1, 0.15) is 5.92 Å². The molecule has 0 aromatic carbocycles. The molecule has 0 rings (SSSR count). The molecule has 1 atom stereocenters. The zero-order valence-corrected chi connectivity index (χ0v) is 13.5. The van der Waals surface area contributed by atoms with Gasteiger partial charge >= 0.3 is 5.97 Å². The van der Waals surface area contributed by atoms with Gasteiger partial charge in [-0.25, -0.2) is 0 Å². The second-order valence-electron chi connectivity index (χ2n) is 5.81. The molecule has 0 spiro atoms. The van der Waals surface area contributed by atoms with Crippen LogP contribution >= 0.6 is 0 Å². The molecule has 0 radical (unpaired) electrons. The Bertz CT molecular complexity index is 297. The molecule has 0 fully saturated rings. The van der Waals surface area contributed by atoms with E-state index < -0.39 is 17.3 Å². The Kier molecular flexibility index (Phi) is 9.21. The van der Waals surface area contributed by atoms with E-state index in [1.54, 1.807) is 6.92 Å². The molecule has 0 aromatic heterocycles. The van der Waals surface area contributed by atoms with Crippen molar-refractivity contribution in [1.82, 2.24) is 5.32 Å². The van der Waals surface area contributed by atoms with Gasteiger partial charge in [-0.3, -0.25) is 9.59 Å². The first-order valence-electron chi connectivity index (χ1n) is 7.36. The Hall–Kier alpha value is -1.10. The van der Waals surface area contributed by atoms with Crippen LogP contribution in [0.4, 0.5) is 0 Å². The molecule has 0 bridgehead atoms. The number of carbonyl (C=O) groups is 2. The van der Waals surface area contributed by atoms with Gasteiger partial charge in [-0.15, -0.1) is 0 Å². The van der Waals surface area contributed by atoms with E-state index in [2.05, 4.69) is 12.2 Å². The van der Waals surface area contributed by atoms with Crippen LogP contribution in [0.15, 0.2) is 0 Å². The SMILES string of the molecule is CCCCOCCNC(=O)C(C(=O)OCC)C(C)(C)C. The number of ether oxygens (including phenoxy) is 2. The zero-order chi connectivity index (χ0) is 15.6. The summed E-state index contributed by atoms with van der Waals surface area (Å²) in [5.41, 5.74) is -0.473. The topological polar surface area (TPSA) is 64.6 Å². The molecule has 1 unspecified atom stereocenters. The number of amides is 1. The van der Waals surface area contributed by atoms with Gasteiger partial charge in [0.2, 0.25) is 5.91 Å². The molecule has 20 heavy (non-hydrogen) atoms. The maximum absolute atomic E-state index is 12.1. The van der Waals surface area contributed by atoms with Gasteiger partial charge in [0.15, 0.2) is 0 Å². The molecular formula is C15H29NO4. The summed E-state index contributed by atoms with van der Waals surface area (Å²) in [4.78, 5) is 24.0. The molecule has 118 valence electrons. The van der Waals surface area contributed by atoms with Crippen molar-refractivity contribution in [2.75, 3.05) is 26.4 Å². The Labute approximate surface area is 122 Å². The second kappa shape index (κ2) is 9.75. The van der Waals surface area contributed by atoms with Gasteiger partial charge in [-0.05, 0) is 18.8 Å². The van der Waals surface area contributed by atoms with Crippen LogP contribution in [0.5, 0.6) is 0 Å². The molecule has 1 N–H and O–H groups in total. The first-order valence-corrected chi connectivity index (χ1v) is 7.36. The summed E-state index contributed by atoms with van der Waals surface area (Å²) < 4.78 is 10.3. The first-order chi connectivity index (χ1) is 9.34. The third-order valence-corrected chi connectivity index (χ3v) is 2.84. The van der Waals surface area contributed by atoms with E-state index in [1.165, 1.54) is 0 Å². The third-order valence-electron chi connectivity index (χ3n) is 2.84. The predicted molar refractivity (Wildman–Crippen MR) is 78.3 cm³/mol. The van der Waals surface area contributed by atoms with Crippen molar-refractivity contribution < 1.29 is 19.1 Å². The first kappa shape index (κ1) is 18.9. The minimum Gasteiger partial charge on any atom is -0.465 e. The lowest BCUT2D eigenvalue weighted by molar-refractivity contribution is -0.156. The molecule has 0 saturated carbocycles. The Morgan fingerprint density at radius 1 is 1.15 bits per heavy atom. The van der Waals surface area contributed by atoms with Crippen molar-refractivity contribution in [2.24, 2.45) is 11.3 Å². The van der Waals surface area contributed by atoms with Crippen LogP contribution in [-0.4, -0.2) is 38.2 Å². The molecule has 0 aliphatic carbocycles. The highest BCUT2D eigenvalue weighted by atomic mass is 16.5. The second-order valence-corrected chi connectivity index (χ2v) is 5.81. The molecular weight excluding hydrogens is 258 g/mol. The lowest BCUT2D eigenvalue weighted by atomic mass is 9.80. The van der Waals surface area contributed by atoms with Crippen molar-refractivity contribution in [3.8, 4) is 0 Å². The van der Waals surface area contributed by atoms with E-state index in [0.717, 1.165) is 12.8 Å². The molecule has 1 amide bonds. The zero-order valence-electron chi connectivity index (χ0n) is 13.5. The number of esters is 1. The number of hydrogen-bond acceptors (Lipinski definition) is 4. The highest BCUT2D eigenvalue weighted by molar-refractivity contribution is 5.98. The quantitative estimate of drug-likeness (QED) is 0.401. The van der Waals surface area contributed by atoms with Crippen molar-refractivity contribution in [1.29, 1.82) is 0 Å². The van der Waals surface area contributed by atoms with E-state index in [9.17, 15) is 9.59 Å². The minimum atomic E-state index is -0.793. The molecule has 0 aliphatic rings. The van der Waals surface area contributed by atoms with E-state index >= 15 is 0 Å². The normalized spacial score (nSPS) is 12.8. The van der Waals surface area contributed by atoms with Crippen LogP contribution in [0.2, 0.25) is 0 Å². The number of nitrogens with one attached hydrogen (secondary N) is 1. The lowest BCUT2D eigenvalue weighted by Crippen LogP contribution is -2.44. The van der Waals surface area contributed by atoms with Crippen molar-refractivity contribution in [3.63, 3.8) is 0 Å². The molecule has 5 heteroatoms. The lowest BCUT2D eigenvalue weighted by Gasteiger charge is -2.27. The van der Waals surface area contributed by atoms with E-state index in [1.807, 2.05) is 20.8 Å². The molecule has 0 saturated heterocycles. The summed E-state index contributed by atoms with van der Waals surface area (Å²) in [5, 5.41) is 2.74. The molecule has 0 aromatic rings. The van der Waals surface area contributed by atoms with Gasteiger partial charge in [0.25, 0.3) is 0 Å². The molecule has 0 heterocycles. The Morgan fingerprint density at radius 3 is 2.30 bits per heavy atom. The smallest absolute Gasteiger partial charge is 0.319 e. The van der Waals surface area contributed by atoms with Crippen LogP contribution in [-0.2, 0) is 19.1 Å². The standard InChI is InChI=1S/C15H29NO4/c1-6-8-10-19-11-9-16-13(17)12(15(3,4)5)14(18)20-7-2/h12H,6-11H2,1-5H3,(H,16,17). The highest BCUT2D eigenvalue weighted by Gasteiger charge is 2.38. The third kappa shape index (κ3) is 7.48. The van der Waals surface area contributed by atoms with Crippen LogP contribution in [0, 0.1) is 11.3 Å². The Balaban J connectivity index is 4.26. The highest BCUT2D eigenvalue weighted by Crippen LogP contribution is 2.27. The van der Waals surface area contributed by atoms with Gasteiger partial charge in [-0.2, -0.15) is 0 Å².